The molecule has 1 aliphatic heterocycles. The fourth-order valence-corrected chi connectivity index (χ4v) is 5.13. The predicted molar refractivity (Wildman–Crippen MR) is 171 cm³/mol. The smallest absolute Gasteiger partial charge is 0.328 e. The van der Waals surface area contributed by atoms with Crippen LogP contribution >= 0.6 is 11.6 Å². The van der Waals surface area contributed by atoms with Gasteiger partial charge in [-0.25, -0.2) is 14.0 Å². The molecular formula is C33H41ClFN5O6. The van der Waals surface area contributed by atoms with Crippen LogP contribution in [0.2, 0.25) is 5.02 Å². The van der Waals surface area contributed by atoms with Crippen molar-refractivity contribution in [3.05, 3.63) is 82.6 Å². The lowest BCUT2D eigenvalue weighted by Crippen LogP contribution is -2.58. The van der Waals surface area contributed by atoms with Gasteiger partial charge in [-0.1, -0.05) is 61.9 Å². The van der Waals surface area contributed by atoms with Crippen LogP contribution in [-0.2, 0) is 36.8 Å². The number of carbonyl (C=O) groups excluding carboxylic acids is 5. The van der Waals surface area contributed by atoms with E-state index in [0.717, 1.165) is 0 Å². The molecule has 0 spiro atoms. The highest BCUT2D eigenvalue weighted by molar-refractivity contribution is 6.30. The number of amides is 5. The fourth-order valence-electron chi connectivity index (χ4n) is 4.91. The monoisotopic (exact) mass is 657 g/mol. The molecule has 0 unspecified atom stereocenters. The van der Waals surface area contributed by atoms with Gasteiger partial charge in [0.25, 0.3) is 0 Å². The van der Waals surface area contributed by atoms with E-state index in [0.29, 0.717) is 35.5 Å². The van der Waals surface area contributed by atoms with Crippen molar-refractivity contribution in [3.8, 4) is 0 Å². The number of nitrogens with one attached hydrogen (secondary N) is 5. The summed E-state index contributed by atoms with van der Waals surface area (Å²) in [7, 11) is 1.21. The lowest BCUT2D eigenvalue weighted by atomic mass is 10.0. The quantitative estimate of drug-likeness (QED) is 0.248. The topological polar surface area (TPSA) is 155 Å². The Morgan fingerprint density at radius 3 is 2.52 bits per heavy atom. The van der Waals surface area contributed by atoms with Gasteiger partial charge in [-0.05, 0) is 60.9 Å². The average molecular weight is 658 g/mol. The summed E-state index contributed by atoms with van der Waals surface area (Å²) in [5.41, 5.74) is 0.990. The third kappa shape index (κ3) is 11.5. The molecule has 11 nitrogen and oxygen atoms in total. The van der Waals surface area contributed by atoms with Crippen LogP contribution in [0.15, 0.2) is 60.7 Å². The average Bonchev–Trinajstić information content (AvgIpc) is 3.01. The zero-order chi connectivity index (χ0) is 33.6. The summed E-state index contributed by atoms with van der Waals surface area (Å²) >= 11 is 6.16. The Morgan fingerprint density at radius 1 is 1.07 bits per heavy atom. The Morgan fingerprint density at radius 2 is 1.83 bits per heavy atom. The zero-order valence-electron chi connectivity index (χ0n) is 26.1. The molecule has 3 rings (SSSR count). The van der Waals surface area contributed by atoms with Crippen LogP contribution in [0.5, 0.6) is 0 Å². The molecule has 1 heterocycles. The molecule has 5 N–H and O–H groups in total. The van der Waals surface area contributed by atoms with Gasteiger partial charge < -0.3 is 31.3 Å². The number of esters is 1. The summed E-state index contributed by atoms with van der Waals surface area (Å²) in [5.74, 6) is -2.90. The highest BCUT2D eigenvalue weighted by Crippen LogP contribution is 2.14. The molecule has 0 aliphatic carbocycles. The molecule has 248 valence electrons. The first-order valence-electron chi connectivity index (χ1n) is 15.2. The van der Waals surface area contributed by atoms with Crippen molar-refractivity contribution in [2.45, 2.75) is 70.1 Å². The van der Waals surface area contributed by atoms with Crippen molar-refractivity contribution < 1.29 is 33.1 Å². The van der Waals surface area contributed by atoms with Crippen molar-refractivity contribution in [2.24, 2.45) is 5.92 Å². The summed E-state index contributed by atoms with van der Waals surface area (Å²) in [5, 5.41) is 14.0. The lowest BCUT2D eigenvalue weighted by Gasteiger charge is -2.26. The van der Waals surface area contributed by atoms with E-state index in [9.17, 15) is 28.4 Å². The van der Waals surface area contributed by atoms with E-state index in [1.165, 1.54) is 25.3 Å². The van der Waals surface area contributed by atoms with E-state index in [1.54, 1.807) is 56.3 Å². The number of rotatable bonds is 10. The van der Waals surface area contributed by atoms with Crippen LogP contribution in [0.1, 0.15) is 44.2 Å². The second kappa shape index (κ2) is 17.9. The number of carbonyl (C=O) groups is 5. The molecule has 5 amide bonds. The first-order valence-corrected chi connectivity index (χ1v) is 15.5. The van der Waals surface area contributed by atoms with Gasteiger partial charge in [-0.15, -0.1) is 0 Å². The Balaban J connectivity index is 1.83. The highest BCUT2D eigenvalue weighted by Gasteiger charge is 2.30. The van der Waals surface area contributed by atoms with Crippen molar-refractivity contribution in [1.82, 2.24) is 26.6 Å². The second-order valence-electron chi connectivity index (χ2n) is 11.4. The van der Waals surface area contributed by atoms with Gasteiger partial charge in [0.2, 0.25) is 17.7 Å². The van der Waals surface area contributed by atoms with E-state index in [4.69, 9.17) is 16.3 Å². The first kappa shape index (κ1) is 36.0. The van der Waals surface area contributed by atoms with Gasteiger partial charge >= 0.3 is 12.0 Å². The van der Waals surface area contributed by atoms with Crippen LogP contribution in [0.25, 0.3) is 0 Å². The van der Waals surface area contributed by atoms with Gasteiger partial charge in [-0.2, -0.15) is 0 Å². The maximum absolute atomic E-state index is 14.5. The van der Waals surface area contributed by atoms with Crippen LogP contribution in [-0.4, -0.2) is 67.5 Å². The van der Waals surface area contributed by atoms with Crippen LogP contribution < -0.4 is 26.6 Å². The minimum Gasteiger partial charge on any atom is -0.467 e. The van der Waals surface area contributed by atoms with E-state index >= 15 is 0 Å². The van der Waals surface area contributed by atoms with Gasteiger partial charge in [0, 0.05) is 24.1 Å². The minimum atomic E-state index is -1.16. The number of benzene rings is 2. The zero-order valence-corrected chi connectivity index (χ0v) is 26.9. The largest absolute Gasteiger partial charge is 0.467 e. The fraction of sp³-hybridized carbons (Fsp3) is 0.424. The van der Waals surface area contributed by atoms with Crippen molar-refractivity contribution in [3.63, 3.8) is 0 Å². The normalized spacial score (nSPS) is 19.3. The molecule has 0 fully saturated rings. The van der Waals surface area contributed by atoms with Crippen LogP contribution in [0.4, 0.5) is 9.18 Å². The van der Waals surface area contributed by atoms with Crippen LogP contribution in [0.3, 0.4) is 0 Å². The number of urea groups is 1. The standard InChI is InChI=1S/C33H41ClFN5O6/c1-20(2)29(32(44)46-3)40-33(45)39-27(18-21-9-8-11-23(34)17-21)31(43)38-26-13-6-7-16-36-28(41)15-14-24(37-30(26)42)19-22-10-4-5-12-25(22)35/h4-5,8-12,14-15,17,20,24,26-27,29H,6-7,13,16,18-19H2,1-3H3,(H,36,41)(H,37,42)(H,38,43)(H2,39,40,45)/b15-14-/t24-,26+,27+,29+/m1/s1. The predicted octanol–water partition coefficient (Wildman–Crippen LogP) is 2.96. The van der Waals surface area contributed by atoms with Crippen molar-refractivity contribution in [1.29, 1.82) is 0 Å². The maximum atomic E-state index is 14.5. The molecule has 0 bridgehead atoms. The Hall–Kier alpha value is -4.45. The molecular weight excluding hydrogens is 617 g/mol. The molecule has 0 radical (unpaired) electrons. The molecule has 4 atom stereocenters. The molecule has 0 saturated carbocycles. The third-order valence-corrected chi connectivity index (χ3v) is 7.65. The second-order valence-corrected chi connectivity index (χ2v) is 11.8. The van der Waals surface area contributed by atoms with Gasteiger partial charge in [-0.3, -0.25) is 14.4 Å². The molecule has 46 heavy (non-hydrogen) atoms. The number of hydrogen-bond donors (Lipinski definition) is 5. The first-order chi connectivity index (χ1) is 22.0. The minimum absolute atomic E-state index is 0.0312. The maximum Gasteiger partial charge on any atom is 0.328 e. The lowest BCUT2D eigenvalue weighted by molar-refractivity contribution is -0.144. The third-order valence-electron chi connectivity index (χ3n) is 7.42. The van der Waals surface area contributed by atoms with Gasteiger partial charge in [0.1, 0.15) is 23.9 Å². The van der Waals surface area contributed by atoms with Crippen LogP contribution in [0, 0.1) is 11.7 Å². The van der Waals surface area contributed by atoms with Gasteiger partial charge in [0.05, 0.1) is 13.2 Å². The number of halogens is 2. The Bertz CT molecular complexity index is 1420. The summed E-state index contributed by atoms with van der Waals surface area (Å²) < 4.78 is 19.2. The summed E-state index contributed by atoms with van der Waals surface area (Å²) in [6.45, 7) is 3.83. The highest BCUT2D eigenvalue weighted by atomic mass is 35.5. The Kier molecular flexibility index (Phi) is 14.0. The van der Waals surface area contributed by atoms with E-state index in [2.05, 4.69) is 26.6 Å². The SMILES string of the molecule is COC(=O)[C@@H](NC(=O)N[C@@H](Cc1cccc(Cl)c1)C(=O)N[C@H]1CCCCNC(=O)/C=C\[C@H](Cc2ccccc2F)NC1=O)C(C)C. The molecule has 2 aromatic rings. The summed E-state index contributed by atoms with van der Waals surface area (Å²) in [4.78, 5) is 64.8. The van der Waals surface area contributed by atoms with E-state index < -0.39 is 53.8 Å². The molecule has 13 heteroatoms. The molecule has 0 aromatic heterocycles. The van der Waals surface area contributed by atoms with E-state index in [-0.39, 0.29) is 31.1 Å². The Labute approximate surface area is 273 Å². The number of hydrogen-bond acceptors (Lipinski definition) is 6. The van der Waals surface area contributed by atoms with E-state index in [1.807, 2.05) is 0 Å². The number of methoxy groups -OCH3 is 1. The molecule has 0 saturated heterocycles. The summed E-state index contributed by atoms with van der Waals surface area (Å²) in [6.07, 6.45) is 4.15. The summed E-state index contributed by atoms with van der Waals surface area (Å²) in [6, 6.07) is 8.24. The van der Waals surface area contributed by atoms with Gasteiger partial charge in [0.15, 0.2) is 0 Å². The number of ether oxygens (including phenoxy) is 1. The molecule has 1 aliphatic rings. The molecule has 2 aromatic carbocycles. The van der Waals surface area contributed by atoms with Crippen molar-refractivity contribution >= 4 is 41.3 Å². The van der Waals surface area contributed by atoms with Crippen molar-refractivity contribution in [2.75, 3.05) is 13.7 Å².